The highest BCUT2D eigenvalue weighted by Gasteiger charge is 2.24. The first-order valence-corrected chi connectivity index (χ1v) is 6.85. The summed E-state index contributed by atoms with van der Waals surface area (Å²) < 4.78 is 5.04. The van der Waals surface area contributed by atoms with E-state index in [1.54, 1.807) is 32.2 Å². The number of amides is 2. The van der Waals surface area contributed by atoms with Crippen molar-refractivity contribution in [3.05, 3.63) is 23.2 Å². The van der Waals surface area contributed by atoms with Crippen LogP contribution in [-0.4, -0.2) is 30.4 Å². The number of aliphatic hydroxyl groups excluding tert-OH is 1. The number of halogens is 1. The summed E-state index contributed by atoms with van der Waals surface area (Å²) >= 11 is 6.05. The lowest BCUT2D eigenvalue weighted by Crippen LogP contribution is -2.50. The zero-order valence-corrected chi connectivity index (χ0v) is 12.8. The zero-order chi connectivity index (χ0) is 15.2. The van der Waals surface area contributed by atoms with Gasteiger partial charge in [-0.2, -0.15) is 0 Å². The van der Waals surface area contributed by atoms with Crippen LogP contribution in [0.4, 0.5) is 10.5 Å². The highest BCUT2D eigenvalue weighted by Crippen LogP contribution is 2.26. The molecule has 0 radical (unpaired) electrons. The Labute approximate surface area is 124 Å². The molecule has 2 amide bonds. The molecule has 0 aliphatic carbocycles. The van der Waals surface area contributed by atoms with E-state index in [1.807, 2.05) is 6.92 Å². The summed E-state index contributed by atoms with van der Waals surface area (Å²) in [6.45, 7) is 3.67. The Balaban J connectivity index is 2.71. The van der Waals surface area contributed by atoms with E-state index >= 15 is 0 Å². The maximum absolute atomic E-state index is 11.9. The van der Waals surface area contributed by atoms with Crippen LogP contribution in [0.2, 0.25) is 5.02 Å². The number of carbonyl (C=O) groups excluding carboxylic acids is 1. The molecule has 0 heterocycles. The molecule has 0 aromatic heterocycles. The number of aliphatic hydroxyl groups is 1. The Morgan fingerprint density at radius 2 is 2.20 bits per heavy atom. The van der Waals surface area contributed by atoms with Gasteiger partial charge in [0.15, 0.2) is 0 Å². The minimum absolute atomic E-state index is 0.120. The van der Waals surface area contributed by atoms with Gasteiger partial charge in [0.1, 0.15) is 5.75 Å². The van der Waals surface area contributed by atoms with Crippen molar-refractivity contribution in [3.8, 4) is 5.75 Å². The molecule has 6 heteroatoms. The van der Waals surface area contributed by atoms with Gasteiger partial charge in [0.25, 0.3) is 0 Å². The molecule has 1 rings (SSSR count). The number of carbonyl (C=O) groups is 1. The van der Waals surface area contributed by atoms with Crippen LogP contribution in [0.15, 0.2) is 18.2 Å². The van der Waals surface area contributed by atoms with E-state index in [-0.39, 0.29) is 6.61 Å². The molecule has 1 aromatic rings. The van der Waals surface area contributed by atoms with Gasteiger partial charge in [0.2, 0.25) is 0 Å². The smallest absolute Gasteiger partial charge is 0.319 e. The SMILES string of the molecule is CCCC(C)(CO)NC(=O)Nc1ccc(OC)cc1Cl. The Bertz CT molecular complexity index is 468. The first-order valence-electron chi connectivity index (χ1n) is 6.47. The number of hydrogen-bond donors (Lipinski definition) is 3. The van der Waals surface area contributed by atoms with Crippen molar-refractivity contribution in [1.29, 1.82) is 0 Å². The Morgan fingerprint density at radius 1 is 1.50 bits per heavy atom. The maximum Gasteiger partial charge on any atom is 0.319 e. The molecule has 1 unspecified atom stereocenters. The molecular formula is C14H21ClN2O3. The highest BCUT2D eigenvalue weighted by atomic mass is 35.5. The molecule has 0 bridgehead atoms. The molecule has 20 heavy (non-hydrogen) atoms. The summed E-state index contributed by atoms with van der Waals surface area (Å²) in [6, 6.07) is 4.59. The molecule has 1 aromatic carbocycles. The van der Waals surface area contributed by atoms with E-state index in [1.165, 1.54) is 0 Å². The number of hydrogen-bond acceptors (Lipinski definition) is 3. The standard InChI is InChI=1S/C14H21ClN2O3/c1-4-7-14(2,9-18)17-13(19)16-12-6-5-10(20-3)8-11(12)15/h5-6,8,18H,4,7,9H2,1-3H3,(H2,16,17,19). The number of methoxy groups -OCH3 is 1. The number of urea groups is 1. The summed E-state index contributed by atoms with van der Waals surface area (Å²) in [6.07, 6.45) is 1.55. The van der Waals surface area contributed by atoms with E-state index in [4.69, 9.17) is 16.3 Å². The number of rotatable bonds is 6. The minimum atomic E-state index is -0.641. The van der Waals surface area contributed by atoms with Crippen LogP contribution in [0.3, 0.4) is 0 Å². The van der Waals surface area contributed by atoms with Crippen LogP contribution in [0.25, 0.3) is 0 Å². The fourth-order valence-electron chi connectivity index (χ4n) is 1.88. The molecular weight excluding hydrogens is 280 g/mol. The third kappa shape index (κ3) is 4.58. The van der Waals surface area contributed by atoms with E-state index in [9.17, 15) is 9.90 Å². The van der Waals surface area contributed by atoms with Gasteiger partial charge in [-0.3, -0.25) is 0 Å². The third-order valence-electron chi connectivity index (χ3n) is 2.99. The van der Waals surface area contributed by atoms with E-state index in [0.717, 1.165) is 6.42 Å². The second kappa shape index (κ2) is 7.36. The van der Waals surface area contributed by atoms with Crippen LogP contribution < -0.4 is 15.4 Å². The molecule has 0 spiro atoms. The maximum atomic E-state index is 11.9. The average molecular weight is 301 g/mol. The first-order chi connectivity index (χ1) is 9.44. The predicted octanol–water partition coefficient (Wildman–Crippen LogP) is 3.02. The topological polar surface area (TPSA) is 70.6 Å². The van der Waals surface area contributed by atoms with Crippen LogP contribution in [-0.2, 0) is 0 Å². The normalized spacial score (nSPS) is 13.4. The molecule has 0 aliphatic heterocycles. The van der Waals surface area contributed by atoms with E-state index in [0.29, 0.717) is 22.9 Å². The molecule has 3 N–H and O–H groups in total. The van der Waals surface area contributed by atoms with Crippen molar-refractivity contribution in [3.63, 3.8) is 0 Å². The summed E-state index contributed by atoms with van der Waals surface area (Å²) in [5.74, 6) is 0.618. The Morgan fingerprint density at radius 3 is 2.70 bits per heavy atom. The molecule has 0 saturated heterocycles. The van der Waals surface area contributed by atoms with Crippen LogP contribution >= 0.6 is 11.6 Å². The summed E-state index contributed by atoms with van der Waals surface area (Å²) in [5, 5.41) is 15.2. The molecule has 0 aliphatic rings. The fraction of sp³-hybridized carbons (Fsp3) is 0.500. The second-order valence-electron chi connectivity index (χ2n) is 4.89. The van der Waals surface area contributed by atoms with Crippen molar-refractivity contribution in [2.45, 2.75) is 32.2 Å². The first kappa shape index (κ1) is 16.6. The highest BCUT2D eigenvalue weighted by molar-refractivity contribution is 6.33. The fourth-order valence-corrected chi connectivity index (χ4v) is 2.10. The molecule has 112 valence electrons. The summed E-state index contributed by atoms with van der Waals surface area (Å²) in [7, 11) is 1.54. The van der Waals surface area contributed by atoms with Gasteiger partial charge >= 0.3 is 6.03 Å². The number of anilines is 1. The predicted molar refractivity (Wildman–Crippen MR) is 80.6 cm³/mol. The Hall–Kier alpha value is -1.46. The van der Waals surface area contributed by atoms with Gasteiger partial charge in [-0.05, 0) is 25.5 Å². The van der Waals surface area contributed by atoms with Gasteiger partial charge in [0.05, 0.1) is 30.0 Å². The van der Waals surface area contributed by atoms with Crippen LogP contribution in [0.5, 0.6) is 5.75 Å². The van der Waals surface area contributed by atoms with Crippen LogP contribution in [0, 0.1) is 0 Å². The van der Waals surface area contributed by atoms with Crippen LogP contribution in [0.1, 0.15) is 26.7 Å². The molecule has 1 atom stereocenters. The Kier molecular flexibility index (Phi) is 6.10. The zero-order valence-electron chi connectivity index (χ0n) is 12.0. The largest absolute Gasteiger partial charge is 0.497 e. The molecule has 0 fully saturated rings. The lowest BCUT2D eigenvalue weighted by Gasteiger charge is -2.28. The van der Waals surface area contributed by atoms with Gasteiger partial charge in [-0.1, -0.05) is 24.9 Å². The lowest BCUT2D eigenvalue weighted by molar-refractivity contribution is 0.167. The number of benzene rings is 1. The van der Waals surface area contributed by atoms with Crippen molar-refractivity contribution >= 4 is 23.3 Å². The molecule has 5 nitrogen and oxygen atoms in total. The second-order valence-corrected chi connectivity index (χ2v) is 5.30. The molecule has 0 saturated carbocycles. The van der Waals surface area contributed by atoms with Gasteiger partial charge in [-0.25, -0.2) is 4.79 Å². The monoisotopic (exact) mass is 300 g/mol. The quantitative estimate of drug-likeness (QED) is 0.756. The number of nitrogens with one attached hydrogen (secondary N) is 2. The van der Waals surface area contributed by atoms with Crippen molar-refractivity contribution in [1.82, 2.24) is 5.32 Å². The summed E-state index contributed by atoms with van der Waals surface area (Å²) in [5.41, 5.74) is -0.153. The van der Waals surface area contributed by atoms with Crippen molar-refractivity contribution in [2.75, 3.05) is 19.0 Å². The van der Waals surface area contributed by atoms with Crippen molar-refractivity contribution < 1.29 is 14.6 Å². The van der Waals surface area contributed by atoms with Gasteiger partial charge < -0.3 is 20.5 Å². The third-order valence-corrected chi connectivity index (χ3v) is 3.30. The minimum Gasteiger partial charge on any atom is -0.497 e. The van der Waals surface area contributed by atoms with Crippen molar-refractivity contribution in [2.24, 2.45) is 0 Å². The number of ether oxygens (including phenoxy) is 1. The average Bonchev–Trinajstić information content (AvgIpc) is 2.41. The van der Waals surface area contributed by atoms with E-state index in [2.05, 4.69) is 10.6 Å². The van der Waals surface area contributed by atoms with E-state index < -0.39 is 11.6 Å². The van der Waals surface area contributed by atoms with Gasteiger partial charge in [-0.15, -0.1) is 0 Å². The van der Waals surface area contributed by atoms with Gasteiger partial charge in [0, 0.05) is 6.07 Å². The summed E-state index contributed by atoms with van der Waals surface area (Å²) in [4.78, 5) is 11.9. The lowest BCUT2D eigenvalue weighted by atomic mass is 9.98.